The van der Waals surface area contributed by atoms with E-state index in [2.05, 4.69) is 17.5 Å². The molecule has 2 aliphatic rings. The molecule has 74 valence electrons. The number of rotatable bonds is 2. The van der Waals surface area contributed by atoms with E-state index in [1.54, 1.807) is 0 Å². The Morgan fingerprint density at radius 1 is 1.43 bits per heavy atom. The molecule has 0 bridgehead atoms. The van der Waals surface area contributed by atoms with Crippen LogP contribution in [0.15, 0.2) is 35.6 Å². The molecule has 0 radical (unpaired) electrons. The highest BCUT2D eigenvalue weighted by atomic mass is 16.1. The second-order valence-electron chi connectivity index (χ2n) is 3.78. The van der Waals surface area contributed by atoms with Crippen molar-refractivity contribution in [2.45, 2.75) is 26.3 Å². The summed E-state index contributed by atoms with van der Waals surface area (Å²) >= 11 is 0. The topological polar surface area (TPSA) is 29.1 Å². The summed E-state index contributed by atoms with van der Waals surface area (Å²) in [5, 5.41) is 3.34. The lowest BCUT2D eigenvalue weighted by atomic mass is 9.88. The van der Waals surface area contributed by atoms with Crippen LogP contribution in [0.5, 0.6) is 0 Å². The van der Waals surface area contributed by atoms with Crippen LogP contribution < -0.4 is 5.32 Å². The molecule has 2 rings (SSSR count). The molecule has 0 aromatic carbocycles. The highest BCUT2D eigenvalue weighted by molar-refractivity contribution is 5.97. The SMILES string of the molecule is CCC(=O)C1=C(C)NC2C=CC=CC12. The zero-order valence-corrected chi connectivity index (χ0v) is 8.58. The number of hydrogen-bond donors (Lipinski definition) is 1. The molecule has 14 heavy (non-hydrogen) atoms. The van der Waals surface area contributed by atoms with Crippen molar-refractivity contribution < 1.29 is 4.79 Å². The lowest BCUT2D eigenvalue weighted by molar-refractivity contribution is -0.115. The minimum Gasteiger partial charge on any atom is -0.381 e. The predicted octanol–water partition coefficient (Wildman–Crippen LogP) is 1.95. The van der Waals surface area contributed by atoms with Crippen molar-refractivity contribution in [2.75, 3.05) is 0 Å². The summed E-state index contributed by atoms with van der Waals surface area (Å²) in [7, 11) is 0. The number of carbonyl (C=O) groups excluding carboxylic acids is 1. The Labute approximate surface area is 84.4 Å². The molecule has 1 aliphatic carbocycles. The van der Waals surface area contributed by atoms with E-state index >= 15 is 0 Å². The van der Waals surface area contributed by atoms with Gasteiger partial charge in [0.25, 0.3) is 0 Å². The molecule has 1 aliphatic heterocycles. The molecule has 0 spiro atoms. The van der Waals surface area contributed by atoms with Crippen LogP contribution in [0.3, 0.4) is 0 Å². The lowest BCUT2D eigenvalue weighted by Gasteiger charge is -2.17. The van der Waals surface area contributed by atoms with Crippen LogP contribution in [0.25, 0.3) is 0 Å². The minimum absolute atomic E-state index is 0.257. The molecule has 0 saturated heterocycles. The molecular formula is C12H15NO. The standard InChI is InChI=1S/C12H15NO/c1-3-11(14)12-8(2)13-10-7-5-4-6-9(10)12/h4-7,9-10,13H,3H2,1-2H3. The van der Waals surface area contributed by atoms with E-state index in [1.807, 2.05) is 26.0 Å². The van der Waals surface area contributed by atoms with Crippen molar-refractivity contribution in [2.24, 2.45) is 5.92 Å². The van der Waals surface area contributed by atoms with Crippen molar-refractivity contribution in [1.82, 2.24) is 5.32 Å². The van der Waals surface area contributed by atoms with Gasteiger partial charge >= 0.3 is 0 Å². The number of nitrogens with one attached hydrogen (secondary N) is 1. The first-order valence-corrected chi connectivity index (χ1v) is 5.09. The Hall–Kier alpha value is -1.31. The van der Waals surface area contributed by atoms with Crippen molar-refractivity contribution >= 4 is 5.78 Å². The molecule has 1 heterocycles. The van der Waals surface area contributed by atoms with Crippen LogP contribution in [-0.2, 0) is 4.79 Å². The van der Waals surface area contributed by atoms with Gasteiger partial charge in [0.15, 0.2) is 5.78 Å². The van der Waals surface area contributed by atoms with E-state index in [9.17, 15) is 4.79 Å². The smallest absolute Gasteiger partial charge is 0.160 e. The van der Waals surface area contributed by atoms with E-state index in [-0.39, 0.29) is 11.7 Å². The third kappa shape index (κ3) is 1.31. The Kier molecular flexibility index (Phi) is 2.28. The highest BCUT2D eigenvalue weighted by Crippen LogP contribution is 2.31. The molecule has 0 fully saturated rings. The number of fused-ring (bicyclic) bond motifs is 1. The van der Waals surface area contributed by atoms with Gasteiger partial charge < -0.3 is 5.32 Å². The highest BCUT2D eigenvalue weighted by Gasteiger charge is 2.33. The van der Waals surface area contributed by atoms with Gasteiger partial charge in [0, 0.05) is 23.6 Å². The molecule has 0 amide bonds. The molecule has 0 aromatic rings. The average molecular weight is 189 g/mol. The third-order valence-electron chi connectivity index (χ3n) is 2.88. The van der Waals surface area contributed by atoms with Gasteiger partial charge in [-0.1, -0.05) is 31.2 Å². The quantitative estimate of drug-likeness (QED) is 0.719. The fraction of sp³-hybridized carbons (Fsp3) is 0.417. The molecular weight excluding hydrogens is 174 g/mol. The maximum atomic E-state index is 11.7. The van der Waals surface area contributed by atoms with E-state index in [1.165, 1.54) is 0 Å². The van der Waals surface area contributed by atoms with Gasteiger partial charge in [0.2, 0.25) is 0 Å². The normalized spacial score (nSPS) is 29.0. The summed E-state index contributed by atoms with van der Waals surface area (Å²) in [5.74, 6) is 0.523. The van der Waals surface area contributed by atoms with Gasteiger partial charge in [-0.15, -0.1) is 0 Å². The van der Waals surface area contributed by atoms with Crippen molar-refractivity contribution in [3.63, 3.8) is 0 Å². The van der Waals surface area contributed by atoms with Crippen LogP contribution in [0.4, 0.5) is 0 Å². The maximum absolute atomic E-state index is 11.7. The van der Waals surface area contributed by atoms with Gasteiger partial charge in [-0.05, 0) is 6.92 Å². The Morgan fingerprint density at radius 2 is 2.14 bits per heavy atom. The Morgan fingerprint density at radius 3 is 2.86 bits per heavy atom. The van der Waals surface area contributed by atoms with Crippen LogP contribution in [0, 0.1) is 5.92 Å². The number of hydrogen-bond acceptors (Lipinski definition) is 2. The fourth-order valence-electron chi connectivity index (χ4n) is 2.18. The summed E-state index contributed by atoms with van der Waals surface area (Å²) in [6, 6.07) is 0.297. The third-order valence-corrected chi connectivity index (χ3v) is 2.88. The second-order valence-corrected chi connectivity index (χ2v) is 3.78. The van der Waals surface area contributed by atoms with Crippen LogP contribution in [0.2, 0.25) is 0 Å². The van der Waals surface area contributed by atoms with Crippen molar-refractivity contribution in [1.29, 1.82) is 0 Å². The molecule has 1 N–H and O–H groups in total. The summed E-state index contributed by atoms with van der Waals surface area (Å²) in [6.45, 7) is 3.90. The zero-order chi connectivity index (χ0) is 10.1. The van der Waals surface area contributed by atoms with Crippen LogP contribution >= 0.6 is 0 Å². The van der Waals surface area contributed by atoms with Gasteiger partial charge in [-0.3, -0.25) is 4.79 Å². The van der Waals surface area contributed by atoms with Crippen LogP contribution in [-0.4, -0.2) is 11.8 Å². The molecule has 2 heteroatoms. The first-order valence-electron chi connectivity index (χ1n) is 5.09. The van der Waals surface area contributed by atoms with Crippen molar-refractivity contribution in [3.8, 4) is 0 Å². The molecule has 2 nitrogen and oxygen atoms in total. The molecule has 2 atom stereocenters. The average Bonchev–Trinajstić information content (AvgIpc) is 2.53. The second kappa shape index (κ2) is 3.45. The lowest BCUT2D eigenvalue weighted by Crippen LogP contribution is -2.27. The monoisotopic (exact) mass is 189 g/mol. The van der Waals surface area contributed by atoms with E-state index < -0.39 is 0 Å². The Balaban J connectivity index is 2.31. The van der Waals surface area contributed by atoms with E-state index in [0.29, 0.717) is 12.5 Å². The minimum atomic E-state index is 0.257. The van der Waals surface area contributed by atoms with E-state index in [4.69, 9.17) is 0 Å². The largest absolute Gasteiger partial charge is 0.381 e. The van der Waals surface area contributed by atoms with E-state index in [0.717, 1.165) is 11.3 Å². The predicted molar refractivity (Wildman–Crippen MR) is 56.7 cm³/mol. The fourth-order valence-corrected chi connectivity index (χ4v) is 2.18. The number of ketones is 1. The molecule has 0 saturated carbocycles. The molecule has 0 aromatic heterocycles. The zero-order valence-electron chi connectivity index (χ0n) is 8.58. The summed E-state index contributed by atoms with van der Waals surface area (Å²) < 4.78 is 0. The van der Waals surface area contributed by atoms with Gasteiger partial charge in [-0.25, -0.2) is 0 Å². The summed E-state index contributed by atoms with van der Waals surface area (Å²) in [5.41, 5.74) is 2.01. The summed E-state index contributed by atoms with van der Waals surface area (Å²) in [6.07, 6.45) is 8.86. The first kappa shape index (κ1) is 9.25. The molecule has 2 unspecified atom stereocenters. The summed E-state index contributed by atoms with van der Waals surface area (Å²) in [4.78, 5) is 11.7. The van der Waals surface area contributed by atoms with Gasteiger partial charge in [0.05, 0.1) is 6.04 Å². The van der Waals surface area contributed by atoms with Gasteiger partial charge in [0.1, 0.15) is 0 Å². The Bertz CT molecular complexity index is 349. The number of allylic oxidation sites excluding steroid dienone is 3. The van der Waals surface area contributed by atoms with Crippen LogP contribution in [0.1, 0.15) is 20.3 Å². The first-order chi connectivity index (χ1) is 6.74. The maximum Gasteiger partial charge on any atom is 0.160 e. The number of Topliss-reactive ketones (excluding diaryl/α,β-unsaturated/α-hetero) is 1. The van der Waals surface area contributed by atoms with Gasteiger partial charge in [-0.2, -0.15) is 0 Å². The van der Waals surface area contributed by atoms with Crippen molar-refractivity contribution in [3.05, 3.63) is 35.6 Å². The number of carbonyl (C=O) groups is 1.